The lowest BCUT2D eigenvalue weighted by Crippen LogP contribution is -2.26. The molecule has 15 rings (SSSR count). The Bertz CT molecular complexity index is 3980. The Morgan fingerprint density at radius 2 is 0.783 bits per heavy atom. The summed E-state index contributed by atoms with van der Waals surface area (Å²) in [6, 6.07) is 89.2. The zero-order chi connectivity index (χ0) is 45.6. The first-order valence-corrected chi connectivity index (χ1v) is 24.3. The van der Waals surface area contributed by atoms with Crippen LogP contribution in [0.25, 0.3) is 88.7 Å². The molecule has 1 heteroatoms. The molecule has 11 aromatic rings. The fourth-order valence-corrected chi connectivity index (χ4v) is 13.2. The monoisotopic (exact) mass is 875 g/mol. The van der Waals surface area contributed by atoms with E-state index in [2.05, 4.69) is 255 Å². The van der Waals surface area contributed by atoms with E-state index < -0.39 is 5.41 Å². The highest BCUT2D eigenvalue weighted by Gasteiger charge is 2.52. The third-order valence-electron chi connectivity index (χ3n) is 16.2. The number of benzene rings is 11. The van der Waals surface area contributed by atoms with E-state index >= 15 is 0 Å². The smallest absolute Gasteiger partial charge is 0.0726 e. The lowest BCUT2D eigenvalue weighted by molar-refractivity contribution is 0.660. The van der Waals surface area contributed by atoms with Crippen LogP contribution in [-0.2, 0) is 10.8 Å². The van der Waals surface area contributed by atoms with Crippen LogP contribution < -0.4 is 4.90 Å². The van der Waals surface area contributed by atoms with Crippen LogP contribution in [0.5, 0.6) is 0 Å². The quantitative estimate of drug-likeness (QED) is 0.167. The van der Waals surface area contributed by atoms with Gasteiger partial charge in [0, 0.05) is 22.5 Å². The lowest BCUT2D eigenvalue weighted by Gasteiger charge is -2.31. The molecule has 0 bridgehead atoms. The number of fused-ring (bicyclic) bond motifs is 17. The predicted octanol–water partition coefficient (Wildman–Crippen LogP) is 17.9. The van der Waals surface area contributed by atoms with Crippen molar-refractivity contribution in [2.45, 2.75) is 24.7 Å². The van der Waals surface area contributed by atoms with Crippen molar-refractivity contribution in [1.82, 2.24) is 0 Å². The SMILES string of the molecule is CC1(C)c2ccccc2-c2ccc(N(c3ccc(-c4ccc5c(c4)C4(c6ccccc6-5)c5ccccc5-c5c4cc4c6c(cccc56)-c5ccccc5-4)cc3)c3cccc(-c4ccccc4)c3)cc21. The zero-order valence-electron chi connectivity index (χ0n) is 38.5. The van der Waals surface area contributed by atoms with Crippen LogP contribution in [0.4, 0.5) is 17.1 Å². The normalized spacial score (nSPS) is 15.6. The van der Waals surface area contributed by atoms with Crippen LogP contribution in [0.2, 0.25) is 0 Å². The molecule has 1 unspecified atom stereocenters. The molecule has 0 aromatic heterocycles. The Labute approximate surface area is 403 Å². The van der Waals surface area contributed by atoms with Crippen LogP contribution in [0.15, 0.2) is 237 Å². The van der Waals surface area contributed by atoms with Crippen LogP contribution in [0.1, 0.15) is 47.2 Å². The van der Waals surface area contributed by atoms with E-state index in [9.17, 15) is 0 Å². The van der Waals surface area contributed by atoms with Gasteiger partial charge in [0.1, 0.15) is 0 Å². The molecule has 0 fully saturated rings. The Morgan fingerprint density at radius 3 is 1.57 bits per heavy atom. The summed E-state index contributed by atoms with van der Waals surface area (Å²) in [5.74, 6) is 0. The molecule has 0 radical (unpaired) electrons. The van der Waals surface area contributed by atoms with Gasteiger partial charge in [-0.3, -0.25) is 0 Å². The summed E-state index contributed by atoms with van der Waals surface area (Å²) in [7, 11) is 0. The van der Waals surface area contributed by atoms with Gasteiger partial charge in [-0.05, 0) is 171 Å². The van der Waals surface area contributed by atoms with Crippen molar-refractivity contribution in [2.75, 3.05) is 4.90 Å². The third kappa shape index (κ3) is 5.14. The summed E-state index contributed by atoms with van der Waals surface area (Å²) in [5.41, 5.74) is 29.1. The molecule has 11 aromatic carbocycles. The maximum absolute atomic E-state index is 2.57. The van der Waals surface area contributed by atoms with Crippen LogP contribution in [0.3, 0.4) is 0 Å². The minimum Gasteiger partial charge on any atom is -0.310 e. The summed E-state index contributed by atoms with van der Waals surface area (Å²) in [6.07, 6.45) is 0. The Kier molecular flexibility index (Phi) is 7.83. The van der Waals surface area contributed by atoms with Crippen molar-refractivity contribution in [3.63, 3.8) is 0 Å². The van der Waals surface area contributed by atoms with E-state index in [1.807, 2.05) is 0 Å². The zero-order valence-corrected chi connectivity index (χ0v) is 38.5. The summed E-state index contributed by atoms with van der Waals surface area (Å²) in [4.78, 5) is 2.44. The summed E-state index contributed by atoms with van der Waals surface area (Å²) < 4.78 is 0. The topological polar surface area (TPSA) is 3.24 Å². The lowest BCUT2D eigenvalue weighted by atomic mass is 9.69. The van der Waals surface area contributed by atoms with Crippen molar-refractivity contribution in [1.29, 1.82) is 0 Å². The Hall–Kier alpha value is -8.52. The average Bonchev–Trinajstić information content (AvgIpc) is 4.07. The van der Waals surface area contributed by atoms with E-state index in [1.54, 1.807) is 0 Å². The van der Waals surface area contributed by atoms with E-state index in [0.29, 0.717) is 0 Å². The van der Waals surface area contributed by atoms with E-state index in [-0.39, 0.29) is 5.41 Å². The van der Waals surface area contributed by atoms with Crippen molar-refractivity contribution in [2.24, 2.45) is 0 Å². The molecule has 0 heterocycles. The first-order chi connectivity index (χ1) is 34.0. The highest BCUT2D eigenvalue weighted by atomic mass is 15.1. The van der Waals surface area contributed by atoms with Crippen molar-refractivity contribution in [3.8, 4) is 77.9 Å². The van der Waals surface area contributed by atoms with Gasteiger partial charge in [0.25, 0.3) is 0 Å². The van der Waals surface area contributed by atoms with Gasteiger partial charge < -0.3 is 4.90 Å². The molecule has 0 aliphatic heterocycles. The highest BCUT2D eigenvalue weighted by molar-refractivity contribution is 6.21. The van der Waals surface area contributed by atoms with Crippen molar-refractivity contribution in [3.05, 3.63) is 270 Å². The fraction of sp³-hybridized carbons (Fsp3) is 0.0588. The third-order valence-corrected chi connectivity index (χ3v) is 16.2. The van der Waals surface area contributed by atoms with Gasteiger partial charge >= 0.3 is 0 Å². The molecule has 1 spiro atoms. The van der Waals surface area contributed by atoms with Gasteiger partial charge in [0.15, 0.2) is 0 Å². The second-order valence-corrected chi connectivity index (χ2v) is 19.9. The molecule has 322 valence electrons. The van der Waals surface area contributed by atoms with Gasteiger partial charge in [-0.2, -0.15) is 0 Å². The minimum atomic E-state index is -0.479. The number of rotatable bonds is 5. The van der Waals surface area contributed by atoms with Crippen LogP contribution >= 0.6 is 0 Å². The minimum absolute atomic E-state index is 0.118. The van der Waals surface area contributed by atoms with Gasteiger partial charge in [0.05, 0.1) is 5.41 Å². The van der Waals surface area contributed by atoms with Gasteiger partial charge in [-0.1, -0.05) is 202 Å². The molecule has 0 amide bonds. The molecular weight excluding hydrogens is 831 g/mol. The molecule has 0 N–H and O–H groups in total. The summed E-state index contributed by atoms with van der Waals surface area (Å²) >= 11 is 0. The highest BCUT2D eigenvalue weighted by Crippen LogP contribution is 2.66. The van der Waals surface area contributed by atoms with E-state index in [4.69, 9.17) is 0 Å². The standard InChI is InChI=1S/C68H45N/c1-67(2)59-27-11-8-22-51(59)53-37-35-48(40-62(53)67)69(47-19-14-18-44(38-47)42-16-4-3-5-17-42)46-33-30-43(31-34-46)45-32-36-54-52-23-9-12-28-60(52)68(63(54)39-45)61-29-13-10-24-56(61)66-57-26-15-25-55-49-20-6-7-21-50(49)58(65(55)57)41-64(66)68/h3-41H,1-2H3. The maximum Gasteiger partial charge on any atom is 0.0726 e. The molecule has 4 aliphatic carbocycles. The predicted molar refractivity (Wildman–Crippen MR) is 288 cm³/mol. The van der Waals surface area contributed by atoms with Crippen LogP contribution in [-0.4, -0.2) is 0 Å². The van der Waals surface area contributed by atoms with Gasteiger partial charge in [-0.25, -0.2) is 0 Å². The average molecular weight is 876 g/mol. The van der Waals surface area contributed by atoms with Crippen molar-refractivity contribution >= 4 is 27.8 Å². The summed E-state index contributed by atoms with van der Waals surface area (Å²) in [5, 5.41) is 2.72. The number of anilines is 3. The van der Waals surface area contributed by atoms with Gasteiger partial charge in [0.2, 0.25) is 0 Å². The molecular formula is C68H45N. The van der Waals surface area contributed by atoms with Gasteiger partial charge in [-0.15, -0.1) is 0 Å². The fourth-order valence-electron chi connectivity index (χ4n) is 13.2. The first-order valence-electron chi connectivity index (χ1n) is 24.3. The first kappa shape index (κ1) is 38.6. The Balaban J connectivity index is 0.898. The molecule has 1 nitrogen and oxygen atoms in total. The molecule has 1 atom stereocenters. The number of hydrogen-bond donors (Lipinski definition) is 0. The summed E-state index contributed by atoms with van der Waals surface area (Å²) in [6.45, 7) is 4.73. The van der Waals surface area contributed by atoms with E-state index in [1.165, 1.54) is 122 Å². The molecule has 0 saturated heterocycles. The second-order valence-electron chi connectivity index (χ2n) is 19.9. The van der Waals surface area contributed by atoms with Crippen LogP contribution in [0, 0.1) is 0 Å². The Morgan fingerprint density at radius 1 is 0.275 bits per heavy atom. The molecule has 4 aliphatic rings. The molecule has 69 heavy (non-hydrogen) atoms. The second kappa shape index (κ2) is 14.0. The maximum atomic E-state index is 2.57. The number of nitrogens with zero attached hydrogens (tertiary/aromatic N) is 1. The largest absolute Gasteiger partial charge is 0.310 e. The number of hydrogen-bond acceptors (Lipinski definition) is 1. The van der Waals surface area contributed by atoms with Crippen molar-refractivity contribution < 1.29 is 0 Å². The molecule has 0 saturated carbocycles. The van der Waals surface area contributed by atoms with E-state index in [0.717, 1.165) is 17.1 Å².